The van der Waals surface area contributed by atoms with Gasteiger partial charge in [-0.05, 0) is 50.1 Å². The zero-order valence-electron chi connectivity index (χ0n) is 17.5. The Bertz CT molecular complexity index is 968. The van der Waals surface area contributed by atoms with Gasteiger partial charge >= 0.3 is 0 Å². The maximum absolute atomic E-state index is 13.1. The van der Waals surface area contributed by atoms with Gasteiger partial charge in [0.05, 0.1) is 11.9 Å². The maximum atomic E-state index is 13.1. The third-order valence-electron chi connectivity index (χ3n) is 5.59. The van der Waals surface area contributed by atoms with Gasteiger partial charge in [0.1, 0.15) is 6.04 Å². The normalized spacial score (nSPS) is 15.9. The Hall–Kier alpha value is -2.54. The van der Waals surface area contributed by atoms with E-state index in [0.717, 1.165) is 19.3 Å². The molecule has 0 aliphatic carbocycles. The van der Waals surface area contributed by atoms with Gasteiger partial charge in [-0.2, -0.15) is 0 Å². The number of amides is 1. The SMILES string of the molecule is Cc1cccc(N2CCN(C(=O)[C@@H](C)N(c3ccccc3)S(C)(=O)=O)CC2)c1C. The molecule has 1 saturated heterocycles. The number of hydrogen-bond donors (Lipinski definition) is 0. The predicted molar refractivity (Wildman–Crippen MR) is 118 cm³/mol. The Balaban J connectivity index is 1.73. The van der Waals surface area contributed by atoms with Gasteiger partial charge in [0.15, 0.2) is 0 Å². The molecule has 2 aromatic carbocycles. The molecule has 156 valence electrons. The smallest absolute Gasteiger partial charge is 0.246 e. The molecular formula is C22H29N3O3S. The first kappa shape index (κ1) is 21.2. The van der Waals surface area contributed by atoms with Crippen LogP contribution < -0.4 is 9.21 Å². The van der Waals surface area contributed by atoms with Crippen LogP contribution in [0.4, 0.5) is 11.4 Å². The lowest BCUT2D eigenvalue weighted by Gasteiger charge is -2.39. The molecule has 0 N–H and O–H groups in total. The summed E-state index contributed by atoms with van der Waals surface area (Å²) in [5.74, 6) is -0.167. The van der Waals surface area contributed by atoms with Crippen LogP contribution in [0.1, 0.15) is 18.1 Å². The monoisotopic (exact) mass is 415 g/mol. The van der Waals surface area contributed by atoms with E-state index in [1.165, 1.54) is 21.1 Å². The number of aryl methyl sites for hydroxylation is 1. The molecule has 1 atom stereocenters. The van der Waals surface area contributed by atoms with Crippen LogP contribution >= 0.6 is 0 Å². The standard InChI is InChI=1S/C22H29N3O3S/c1-17-9-8-12-21(18(17)2)23-13-15-24(16-14-23)22(26)19(3)25(29(4,27)28)20-10-6-5-7-11-20/h5-12,19H,13-16H2,1-4H3/t19-/m1/s1. The van der Waals surface area contributed by atoms with Gasteiger partial charge in [-0.25, -0.2) is 8.42 Å². The van der Waals surface area contributed by atoms with Gasteiger partial charge in [-0.1, -0.05) is 30.3 Å². The third-order valence-corrected chi connectivity index (χ3v) is 6.83. The van der Waals surface area contributed by atoms with E-state index in [1.54, 1.807) is 36.1 Å². The summed E-state index contributed by atoms with van der Waals surface area (Å²) in [5, 5.41) is 0. The molecule has 1 amide bonds. The average molecular weight is 416 g/mol. The van der Waals surface area contributed by atoms with Gasteiger partial charge in [-0.15, -0.1) is 0 Å². The maximum Gasteiger partial charge on any atom is 0.246 e. The molecule has 0 bridgehead atoms. The minimum atomic E-state index is -3.59. The van der Waals surface area contributed by atoms with Gasteiger partial charge in [0.25, 0.3) is 0 Å². The molecular weight excluding hydrogens is 386 g/mol. The number of para-hydroxylation sites is 1. The van der Waals surface area contributed by atoms with Gasteiger partial charge < -0.3 is 9.80 Å². The second-order valence-corrected chi connectivity index (χ2v) is 9.46. The van der Waals surface area contributed by atoms with Crippen LogP contribution in [-0.2, 0) is 14.8 Å². The minimum absolute atomic E-state index is 0.167. The Morgan fingerprint density at radius 1 is 0.966 bits per heavy atom. The molecule has 1 heterocycles. The first-order chi connectivity index (χ1) is 13.7. The Morgan fingerprint density at radius 2 is 1.59 bits per heavy atom. The Morgan fingerprint density at radius 3 is 2.17 bits per heavy atom. The number of nitrogens with zero attached hydrogens (tertiary/aromatic N) is 3. The van der Waals surface area contributed by atoms with Crippen molar-refractivity contribution in [3.8, 4) is 0 Å². The van der Waals surface area contributed by atoms with E-state index in [2.05, 4.69) is 36.9 Å². The highest BCUT2D eigenvalue weighted by Gasteiger charge is 2.33. The van der Waals surface area contributed by atoms with Crippen molar-refractivity contribution in [3.05, 3.63) is 59.7 Å². The number of rotatable bonds is 5. The van der Waals surface area contributed by atoms with Crippen LogP contribution in [-0.4, -0.2) is 57.7 Å². The van der Waals surface area contributed by atoms with Crippen molar-refractivity contribution in [3.63, 3.8) is 0 Å². The molecule has 1 fully saturated rings. The van der Waals surface area contributed by atoms with Crippen LogP contribution in [0, 0.1) is 13.8 Å². The summed E-state index contributed by atoms with van der Waals surface area (Å²) in [4.78, 5) is 17.2. The zero-order valence-corrected chi connectivity index (χ0v) is 18.3. The van der Waals surface area contributed by atoms with Crippen molar-refractivity contribution in [1.82, 2.24) is 4.90 Å². The fourth-order valence-corrected chi connectivity index (χ4v) is 5.06. The molecule has 0 unspecified atom stereocenters. The number of benzene rings is 2. The largest absolute Gasteiger partial charge is 0.368 e. The summed E-state index contributed by atoms with van der Waals surface area (Å²) in [7, 11) is -3.59. The van der Waals surface area contributed by atoms with E-state index in [-0.39, 0.29) is 5.91 Å². The molecule has 0 aromatic heterocycles. The quantitative estimate of drug-likeness (QED) is 0.753. The van der Waals surface area contributed by atoms with Gasteiger partial charge in [0.2, 0.25) is 15.9 Å². The fraction of sp³-hybridized carbons (Fsp3) is 0.409. The van der Waals surface area contributed by atoms with E-state index in [9.17, 15) is 13.2 Å². The molecule has 0 radical (unpaired) electrons. The lowest BCUT2D eigenvalue weighted by atomic mass is 10.1. The number of carbonyl (C=O) groups is 1. The van der Waals surface area contributed by atoms with Crippen molar-refractivity contribution < 1.29 is 13.2 Å². The van der Waals surface area contributed by atoms with Crippen LogP contribution in [0.25, 0.3) is 0 Å². The summed E-state index contributed by atoms with van der Waals surface area (Å²) in [5.41, 5.74) is 4.21. The van der Waals surface area contributed by atoms with Crippen molar-refractivity contribution in [2.75, 3.05) is 41.6 Å². The molecule has 1 aliphatic rings. The lowest BCUT2D eigenvalue weighted by molar-refractivity contribution is -0.132. The highest BCUT2D eigenvalue weighted by atomic mass is 32.2. The van der Waals surface area contributed by atoms with Crippen molar-refractivity contribution in [2.45, 2.75) is 26.8 Å². The molecule has 0 spiro atoms. The highest BCUT2D eigenvalue weighted by Crippen LogP contribution is 2.25. The third kappa shape index (κ3) is 4.56. The van der Waals surface area contributed by atoms with Crippen LogP contribution in [0.5, 0.6) is 0 Å². The van der Waals surface area contributed by atoms with E-state index in [0.29, 0.717) is 18.8 Å². The molecule has 1 aliphatic heterocycles. The molecule has 7 heteroatoms. The van der Waals surface area contributed by atoms with E-state index < -0.39 is 16.1 Å². The van der Waals surface area contributed by atoms with Crippen molar-refractivity contribution >= 4 is 27.3 Å². The first-order valence-electron chi connectivity index (χ1n) is 9.84. The van der Waals surface area contributed by atoms with Gasteiger partial charge in [-0.3, -0.25) is 9.10 Å². The van der Waals surface area contributed by atoms with E-state index in [4.69, 9.17) is 0 Å². The first-order valence-corrected chi connectivity index (χ1v) is 11.7. The highest BCUT2D eigenvalue weighted by molar-refractivity contribution is 7.92. The Kier molecular flexibility index (Phi) is 6.17. The molecule has 6 nitrogen and oxygen atoms in total. The number of hydrogen-bond acceptors (Lipinski definition) is 4. The number of piperazine rings is 1. The average Bonchev–Trinajstić information content (AvgIpc) is 2.69. The van der Waals surface area contributed by atoms with E-state index in [1.807, 2.05) is 6.07 Å². The molecule has 0 saturated carbocycles. The second-order valence-electron chi connectivity index (χ2n) is 7.60. The Labute approximate surface area is 173 Å². The summed E-state index contributed by atoms with van der Waals surface area (Å²) in [6, 6.07) is 14.3. The van der Waals surface area contributed by atoms with Crippen molar-refractivity contribution in [1.29, 1.82) is 0 Å². The zero-order chi connectivity index (χ0) is 21.2. The van der Waals surface area contributed by atoms with Crippen LogP contribution in [0.15, 0.2) is 48.5 Å². The number of anilines is 2. The van der Waals surface area contributed by atoms with Crippen molar-refractivity contribution in [2.24, 2.45) is 0 Å². The number of sulfonamides is 1. The minimum Gasteiger partial charge on any atom is -0.368 e. The predicted octanol–water partition coefficient (Wildman–Crippen LogP) is 2.81. The summed E-state index contributed by atoms with van der Waals surface area (Å²) in [6.07, 6.45) is 1.14. The fourth-order valence-electron chi connectivity index (χ4n) is 3.89. The second kappa shape index (κ2) is 8.45. The van der Waals surface area contributed by atoms with E-state index >= 15 is 0 Å². The summed E-state index contributed by atoms with van der Waals surface area (Å²) < 4.78 is 26.0. The topological polar surface area (TPSA) is 60.9 Å². The molecule has 3 rings (SSSR count). The molecule has 2 aromatic rings. The number of carbonyl (C=O) groups excluding carboxylic acids is 1. The van der Waals surface area contributed by atoms with Crippen LogP contribution in [0.2, 0.25) is 0 Å². The summed E-state index contributed by atoms with van der Waals surface area (Å²) in [6.45, 7) is 8.48. The molecule has 29 heavy (non-hydrogen) atoms. The van der Waals surface area contributed by atoms with Gasteiger partial charge in [0, 0.05) is 31.9 Å². The lowest BCUT2D eigenvalue weighted by Crippen LogP contribution is -2.55. The van der Waals surface area contributed by atoms with Crippen LogP contribution in [0.3, 0.4) is 0 Å². The summed E-state index contributed by atoms with van der Waals surface area (Å²) >= 11 is 0.